The first kappa shape index (κ1) is 14.7. The van der Waals surface area contributed by atoms with Gasteiger partial charge in [-0.05, 0) is 18.2 Å². The number of amides is 1. The van der Waals surface area contributed by atoms with E-state index in [-0.39, 0.29) is 5.91 Å². The van der Waals surface area contributed by atoms with E-state index >= 15 is 0 Å². The molecule has 6 nitrogen and oxygen atoms in total. The molecule has 0 saturated carbocycles. The van der Waals surface area contributed by atoms with Crippen molar-refractivity contribution in [2.75, 3.05) is 11.9 Å². The fourth-order valence-corrected chi connectivity index (χ4v) is 2.44. The van der Waals surface area contributed by atoms with E-state index in [1.165, 1.54) is 6.20 Å². The van der Waals surface area contributed by atoms with Crippen LogP contribution in [-0.2, 0) is 4.79 Å². The molecule has 0 atom stereocenters. The van der Waals surface area contributed by atoms with Crippen molar-refractivity contribution >= 4 is 17.2 Å². The van der Waals surface area contributed by atoms with Crippen molar-refractivity contribution < 1.29 is 4.79 Å². The number of hydrogen-bond acceptors (Lipinski definition) is 4. The third kappa shape index (κ3) is 2.53. The molecule has 0 fully saturated rings. The zero-order valence-electron chi connectivity index (χ0n) is 12.9. The highest BCUT2D eigenvalue weighted by molar-refractivity contribution is 5.93. The first-order valence-electron chi connectivity index (χ1n) is 7.25. The molecule has 0 spiro atoms. The van der Waals surface area contributed by atoms with Gasteiger partial charge in [-0.3, -0.25) is 4.79 Å². The van der Waals surface area contributed by atoms with Crippen molar-refractivity contribution in [2.24, 2.45) is 0 Å². The van der Waals surface area contributed by atoms with Gasteiger partial charge in [-0.1, -0.05) is 19.1 Å². The van der Waals surface area contributed by atoms with Crippen molar-refractivity contribution in [1.82, 2.24) is 14.6 Å². The van der Waals surface area contributed by atoms with Gasteiger partial charge < -0.3 is 4.90 Å². The summed E-state index contributed by atoms with van der Waals surface area (Å²) in [6.45, 7) is 1.84. The van der Waals surface area contributed by atoms with Gasteiger partial charge in [0.15, 0.2) is 5.65 Å². The minimum Gasteiger partial charge on any atom is -0.315 e. The van der Waals surface area contributed by atoms with Crippen LogP contribution in [0.25, 0.3) is 16.9 Å². The lowest BCUT2D eigenvalue weighted by Crippen LogP contribution is -2.24. The third-order valence-electron chi connectivity index (χ3n) is 3.73. The van der Waals surface area contributed by atoms with Crippen LogP contribution in [0.5, 0.6) is 0 Å². The van der Waals surface area contributed by atoms with Gasteiger partial charge >= 0.3 is 0 Å². The summed E-state index contributed by atoms with van der Waals surface area (Å²) in [5.41, 5.74) is 3.48. The topological polar surface area (TPSA) is 74.3 Å². The monoisotopic (exact) mass is 305 g/mol. The van der Waals surface area contributed by atoms with E-state index in [9.17, 15) is 4.79 Å². The van der Waals surface area contributed by atoms with Gasteiger partial charge in [0.1, 0.15) is 11.6 Å². The second-order valence-corrected chi connectivity index (χ2v) is 5.09. The van der Waals surface area contributed by atoms with Gasteiger partial charge in [0.05, 0.1) is 11.9 Å². The Labute approximate surface area is 133 Å². The smallest absolute Gasteiger partial charge is 0.226 e. The normalized spacial score (nSPS) is 10.5. The van der Waals surface area contributed by atoms with Crippen molar-refractivity contribution in [2.45, 2.75) is 13.3 Å². The second kappa shape index (κ2) is 5.89. The van der Waals surface area contributed by atoms with Gasteiger partial charge in [-0.25, -0.2) is 9.50 Å². The Bertz CT molecular complexity index is 922. The minimum atomic E-state index is 0.0490. The molecule has 6 heteroatoms. The second-order valence-electron chi connectivity index (χ2n) is 5.09. The standard InChI is InChI=1S/C17H15N5O/c1-3-16(23)21(2)14-6-4-5-12(9-14)15-7-8-19-17-13(10-18)11-20-22(15)17/h4-9,11H,3H2,1-2H3. The molecule has 1 amide bonds. The Morgan fingerprint density at radius 3 is 2.96 bits per heavy atom. The molecule has 3 rings (SSSR count). The molecule has 0 bridgehead atoms. The maximum Gasteiger partial charge on any atom is 0.226 e. The summed E-state index contributed by atoms with van der Waals surface area (Å²) >= 11 is 0. The van der Waals surface area contributed by atoms with Crippen LogP contribution in [0.1, 0.15) is 18.9 Å². The quantitative estimate of drug-likeness (QED) is 0.745. The number of rotatable bonds is 3. The number of nitriles is 1. The number of anilines is 1. The predicted molar refractivity (Wildman–Crippen MR) is 86.8 cm³/mol. The third-order valence-corrected chi connectivity index (χ3v) is 3.73. The molecule has 23 heavy (non-hydrogen) atoms. The summed E-state index contributed by atoms with van der Waals surface area (Å²) in [4.78, 5) is 17.7. The molecule has 0 aliphatic rings. The molecule has 2 heterocycles. The maximum atomic E-state index is 11.9. The number of nitrogens with zero attached hydrogens (tertiary/aromatic N) is 5. The van der Waals surface area contributed by atoms with E-state index in [0.29, 0.717) is 17.6 Å². The molecule has 2 aromatic heterocycles. The average Bonchev–Trinajstić information content (AvgIpc) is 3.03. The molecule has 0 radical (unpaired) electrons. The van der Waals surface area contributed by atoms with Crippen LogP contribution in [-0.4, -0.2) is 27.6 Å². The van der Waals surface area contributed by atoms with Crippen LogP contribution in [0, 0.1) is 11.3 Å². The Balaban J connectivity index is 2.11. The lowest BCUT2D eigenvalue weighted by atomic mass is 10.1. The number of hydrogen-bond donors (Lipinski definition) is 0. The van der Waals surface area contributed by atoms with Crippen LogP contribution in [0.2, 0.25) is 0 Å². The molecule has 114 valence electrons. The Kier molecular flexibility index (Phi) is 3.77. The van der Waals surface area contributed by atoms with E-state index in [4.69, 9.17) is 5.26 Å². The fraction of sp³-hybridized carbons (Fsp3) is 0.176. The molecular weight excluding hydrogens is 290 g/mol. The number of carbonyl (C=O) groups excluding carboxylic acids is 1. The van der Waals surface area contributed by atoms with Crippen LogP contribution >= 0.6 is 0 Å². The van der Waals surface area contributed by atoms with Gasteiger partial charge in [-0.2, -0.15) is 10.4 Å². The molecular formula is C17H15N5O. The number of carbonyl (C=O) groups is 1. The SMILES string of the molecule is CCC(=O)N(C)c1cccc(-c2ccnc3c(C#N)cnn23)c1. The number of aromatic nitrogens is 3. The van der Waals surface area contributed by atoms with Crippen LogP contribution < -0.4 is 4.90 Å². The highest BCUT2D eigenvalue weighted by Crippen LogP contribution is 2.25. The number of fused-ring (bicyclic) bond motifs is 1. The zero-order chi connectivity index (χ0) is 16.4. The van der Waals surface area contributed by atoms with Crippen LogP contribution in [0.3, 0.4) is 0 Å². The number of benzene rings is 1. The predicted octanol–water partition coefficient (Wildman–Crippen LogP) is 2.64. The lowest BCUT2D eigenvalue weighted by molar-refractivity contribution is -0.118. The summed E-state index contributed by atoms with van der Waals surface area (Å²) in [5.74, 6) is 0.0490. The van der Waals surface area contributed by atoms with E-state index in [2.05, 4.69) is 16.2 Å². The maximum absolute atomic E-state index is 11.9. The van der Waals surface area contributed by atoms with E-state index in [0.717, 1.165) is 16.9 Å². The largest absolute Gasteiger partial charge is 0.315 e. The van der Waals surface area contributed by atoms with Gasteiger partial charge in [0.2, 0.25) is 5.91 Å². The van der Waals surface area contributed by atoms with E-state index in [1.807, 2.05) is 37.3 Å². The first-order valence-corrected chi connectivity index (χ1v) is 7.25. The van der Waals surface area contributed by atoms with Gasteiger partial charge in [0.25, 0.3) is 0 Å². The highest BCUT2D eigenvalue weighted by Gasteiger charge is 2.12. The Morgan fingerprint density at radius 1 is 1.39 bits per heavy atom. The van der Waals surface area contributed by atoms with Crippen molar-refractivity contribution in [3.8, 4) is 17.3 Å². The molecule has 1 aromatic carbocycles. The van der Waals surface area contributed by atoms with Gasteiger partial charge in [0, 0.05) is 30.9 Å². The van der Waals surface area contributed by atoms with Crippen LogP contribution in [0.4, 0.5) is 5.69 Å². The summed E-state index contributed by atoms with van der Waals surface area (Å²) in [6.07, 6.45) is 3.61. The molecule has 0 unspecified atom stereocenters. The van der Waals surface area contributed by atoms with Crippen molar-refractivity contribution in [3.63, 3.8) is 0 Å². The lowest BCUT2D eigenvalue weighted by Gasteiger charge is -2.17. The first-order chi connectivity index (χ1) is 11.2. The average molecular weight is 305 g/mol. The highest BCUT2D eigenvalue weighted by atomic mass is 16.2. The van der Waals surface area contributed by atoms with E-state index < -0.39 is 0 Å². The zero-order valence-corrected chi connectivity index (χ0v) is 12.9. The molecule has 0 N–H and O–H groups in total. The summed E-state index contributed by atoms with van der Waals surface area (Å²) in [7, 11) is 1.76. The minimum absolute atomic E-state index is 0.0490. The fourth-order valence-electron chi connectivity index (χ4n) is 2.44. The molecule has 0 saturated heterocycles. The van der Waals surface area contributed by atoms with Gasteiger partial charge in [-0.15, -0.1) is 0 Å². The summed E-state index contributed by atoms with van der Waals surface area (Å²) in [5, 5.41) is 13.3. The van der Waals surface area contributed by atoms with Crippen LogP contribution in [0.15, 0.2) is 42.7 Å². The van der Waals surface area contributed by atoms with Crippen molar-refractivity contribution in [1.29, 1.82) is 5.26 Å². The molecule has 0 aliphatic carbocycles. The van der Waals surface area contributed by atoms with Crippen molar-refractivity contribution in [3.05, 3.63) is 48.3 Å². The summed E-state index contributed by atoms with van der Waals surface area (Å²) < 4.78 is 1.64. The molecule has 0 aliphatic heterocycles. The Hall–Kier alpha value is -3.20. The van der Waals surface area contributed by atoms with E-state index in [1.54, 1.807) is 22.7 Å². The Morgan fingerprint density at radius 2 is 2.22 bits per heavy atom. The molecule has 3 aromatic rings. The summed E-state index contributed by atoms with van der Waals surface area (Å²) in [6, 6.07) is 11.6.